The molecule has 2 aliphatic heterocycles. The third-order valence-electron chi connectivity index (χ3n) is 5.21. The van der Waals surface area contributed by atoms with Gasteiger partial charge in [0.05, 0.1) is 18.1 Å². The van der Waals surface area contributed by atoms with E-state index in [2.05, 4.69) is 33.2 Å². The van der Waals surface area contributed by atoms with Gasteiger partial charge in [0.2, 0.25) is 0 Å². The van der Waals surface area contributed by atoms with E-state index in [4.69, 9.17) is 4.74 Å². The first-order valence-electron chi connectivity index (χ1n) is 8.83. The van der Waals surface area contributed by atoms with Crippen LogP contribution in [0.25, 0.3) is 0 Å². The van der Waals surface area contributed by atoms with Gasteiger partial charge in [-0.25, -0.2) is 4.98 Å². The van der Waals surface area contributed by atoms with Crippen molar-refractivity contribution >= 4 is 0 Å². The summed E-state index contributed by atoms with van der Waals surface area (Å²) in [6.45, 7) is 13.2. The van der Waals surface area contributed by atoms with Crippen molar-refractivity contribution in [2.45, 2.75) is 39.3 Å². The summed E-state index contributed by atoms with van der Waals surface area (Å²) in [5.41, 5.74) is 1.37. The van der Waals surface area contributed by atoms with Crippen molar-refractivity contribution in [3.63, 3.8) is 0 Å². The number of aromatic nitrogens is 2. The molecule has 0 N–H and O–H groups in total. The minimum absolute atomic E-state index is 0.533. The van der Waals surface area contributed by atoms with E-state index in [-0.39, 0.29) is 0 Å². The van der Waals surface area contributed by atoms with Gasteiger partial charge >= 0.3 is 0 Å². The normalized spacial score (nSPS) is 23.9. The van der Waals surface area contributed by atoms with E-state index in [1.807, 2.05) is 12.5 Å². The first-order chi connectivity index (χ1) is 10.8. The Morgan fingerprint density at radius 3 is 2.77 bits per heavy atom. The molecule has 2 aliphatic rings. The molecule has 0 aliphatic carbocycles. The topological polar surface area (TPSA) is 33.5 Å². The second-order valence-electron chi connectivity index (χ2n) is 6.68. The van der Waals surface area contributed by atoms with Gasteiger partial charge < -0.3 is 14.2 Å². The number of hydrogen-bond donors (Lipinski definition) is 0. The van der Waals surface area contributed by atoms with Crippen LogP contribution in [0.2, 0.25) is 0 Å². The molecule has 5 nitrogen and oxygen atoms in total. The molecule has 1 aromatic rings. The first-order valence-corrected chi connectivity index (χ1v) is 8.83. The zero-order chi connectivity index (χ0) is 15.4. The molecular weight excluding hydrogens is 276 g/mol. The van der Waals surface area contributed by atoms with Crippen LogP contribution < -0.4 is 0 Å². The molecule has 0 aromatic carbocycles. The highest BCUT2D eigenvalue weighted by Gasteiger charge is 2.28. The lowest BCUT2D eigenvalue weighted by molar-refractivity contribution is 0.0437. The molecule has 5 heteroatoms. The van der Waals surface area contributed by atoms with Crippen LogP contribution in [0.4, 0.5) is 0 Å². The minimum atomic E-state index is 0.533. The predicted molar refractivity (Wildman–Crippen MR) is 87.9 cm³/mol. The Labute approximate surface area is 134 Å². The summed E-state index contributed by atoms with van der Waals surface area (Å²) in [5.74, 6) is 0.803. The number of nitrogens with zero attached hydrogens (tertiary/aromatic N) is 4. The van der Waals surface area contributed by atoms with Crippen LogP contribution in [0.5, 0.6) is 0 Å². The van der Waals surface area contributed by atoms with E-state index in [1.165, 1.54) is 25.1 Å². The Morgan fingerprint density at radius 1 is 1.27 bits per heavy atom. The van der Waals surface area contributed by atoms with Crippen LogP contribution >= 0.6 is 0 Å². The maximum absolute atomic E-state index is 5.50. The number of fused-ring (bicyclic) bond motifs is 1. The maximum Gasteiger partial charge on any atom is 0.0952 e. The molecule has 3 heterocycles. The van der Waals surface area contributed by atoms with E-state index in [9.17, 15) is 0 Å². The highest BCUT2D eigenvalue weighted by atomic mass is 16.5. The van der Waals surface area contributed by atoms with Crippen LogP contribution in [0.3, 0.4) is 0 Å². The molecule has 1 atom stereocenters. The van der Waals surface area contributed by atoms with Crippen molar-refractivity contribution in [2.24, 2.45) is 5.92 Å². The molecule has 0 saturated carbocycles. The van der Waals surface area contributed by atoms with E-state index in [0.717, 1.165) is 51.9 Å². The average Bonchev–Trinajstić information content (AvgIpc) is 3.02. The van der Waals surface area contributed by atoms with Gasteiger partial charge in [-0.2, -0.15) is 0 Å². The second kappa shape index (κ2) is 7.57. The summed E-state index contributed by atoms with van der Waals surface area (Å²) in [5, 5.41) is 0. The van der Waals surface area contributed by atoms with Crippen molar-refractivity contribution in [2.75, 3.05) is 45.9 Å². The Bertz CT molecular complexity index is 451. The van der Waals surface area contributed by atoms with Gasteiger partial charge in [0.25, 0.3) is 0 Å². The van der Waals surface area contributed by atoms with Crippen molar-refractivity contribution in [3.8, 4) is 0 Å². The van der Waals surface area contributed by atoms with E-state index < -0.39 is 0 Å². The Kier molecular flexibility index (Phi) is 5.50. The highest BCUT2D eigenvalue weighted by molar-refractivity contribution is 5.05. The van der Waals surface area contributed by atoms with E-state index in [0.29, 0.717) is 6.04 Å². The Balaban J connectivity index is 1.65. The summed E-state index contributed by atoms with van der Waals surface area (Å²) < 4.78 is 7.90. The van der Waals surface area contributed by atoms with Gasteiger partial charge in [-0.3, -0.25) is 4.90 Å². The van der Waals surface area contributed by atoms with Crippen LogP contribution in [0.15, 0.2) is 12.5 Å². The number of ether oxygens (including phenoxy) is 1. The molecule has 0 unspecified atom stereocenters. The predicted octanol–water partition coefficient (Wildman–Crippen LogP) is 2.01. The van der Waals surface area contributed by atoms with Gasteiger partial charge in [-0.1, -0.05) is 13.8 Å². The van der Waals surface area contributed by atoms with Gasteiger partial charge in [0.15, 0.2) is 0 Å². The summed E-state index contributed by atoms with van der Waals surface area (Å²) in [6, 6.07) is 0.533. The minimum Gasteiger partial charge on any atom is -0.381 e. The number of hydrogen-bond acceptors (Lipinski definition) is 4. The number of imidazole rings is 1. The zero-order valence-corrected chi connectivity index (χ0v) is 14.1. The molecule has 0 amide bonds. The summed E-state index contributed by atoms with van der Waals surface area (Å²) >= 11 is 0. The number of likely N-dealkylation sites (N-methyl/N-ethyl adjacent to an activating group) is 1. The fraction of sp³-hybridized carbons (Fsp3) is 0.824. The molecule has 1 fully saturated rings. The molecule has 0 bridgehead atoms. The standard InChI is InChI=1S/C17H30N4O/c1-3-19(4-2)12-17-13-20(10-15-5-7-22-8-6-15)11-16-9-18-14-21(16)17/h9,14-15,17H,3-8,10-13H2,1-2H3/t17-/m1/s1. The van der Waals surface area contributed by atoms with Crippen molar-refractivity contribution in [1.82, 2.24) is 19.4 Å². The lowest BCUT2D eigenvalue weighted by Crippen LogP contribution is -2.44. The fourth-order valence-electron chi connectivity index (χ4n) is 3.82. The highest BCUT2D eigenvalue weighted by Crippen LogP contribution is 2.25. The van der Waals surface area contributed by atoms with Crippen molar-refractivity contribution in [3.05, 3.63) is 18.2 Å². The third-order valence-corrected chi connectivity index (χ3v) is 5.21. The lowest BCUT2D eigenvalue weighted by atomic mass is 9.99. The molecule has 0 radical (unpaired) electrons. The van der Waals surface area contributed by atoms with Gasteiger partial charge in [0.1, 0.15) is 0 Å². The first kappa shape index (κ1) is 16.0. The quantitative estimate of drug-likeness (QED) is 0.805. The molecular formula is C17H30N4O. The average molecular weight is 306 g/mol. The van der Waals surface area contributed by atoms with Gasteiger partial charge in [-0.15, -0.1) is 0 Å². The molecule has 1 aromatic heterocycles. The monoisotopic (exact) mass is 306 g/mol. The smallest absolute Gasteiger partial charge is 0.0952 e. The lowest BCUT2D eigenvalue weighted by Gasteiger charge is -2.38. The Morgan fingerprint density at radius 2 is 2.05 bits per heavy atom. The zero-order valence-electron chi connectivity index (χ0n) is 14.1. The Hall–Kier alpha value is -0.910. The molecule has 22 heavy (non-hydrogen) atoms. The number of rotatable bonds is 6. The van der Waals surface area contributed by atoms with Crippen LogP contribution in [-0.4, -0.2) is 65.3 Å². The largest absolute Gasteiger partial charge is 0.381 e. The van der Waals surface area contributed by atoms with Crippen LogP contribution in [0.1, 0.15) is 38.4 Å². The maximum atomic E-state index is 5.50. The molecule has 3 rings (SSSR count). The third kappa shape index (κ3) is 3.70. The van der Waals surface area contributed by atoms with E-state index in [1.54, 1.807) is 0 Å². The van der Waals surface area contributed by atoms with Crippen molar-refractivity contribution < 1.29 is 4.74 Å². The van der Waals surface area contributed by atoms with E-state index >= 15 is 0 Å². The SMILES string of the molecule is CCN(CC)C[C@@H]1CN(CC2CCOCC2)Cc2cncn21. The summed E-state index contributed by atoms with van der Waals surface area (Å²) in [6.07, 6.45) is 6.51. The molecule has 0 spiro atoms. The van der Waals surface area contributed by atoms with Gasteiger partial charge in [0, 0.05) is 45.6 Å². The summed E-state index contributed by atoms with van der Waals surface area (Å²) in [4.78, 5) is 9.55. The van der Waals surface area contributed by atoms with Crippen LogP contribution in [-0.2, 0) is 11.3 Å². The molecule has 124 valence electrons. The van der Waals surface area contributed by atoms with Gasteiger partial charge in [-0.05, 0) is 31.8 Å². The van der Waals surface area contributed by atoms with Crippen LogP contribution in [0, 0.1) is 5.92 Å². The second-order valence-corrected chi connectivity index (χ2v) is 6.68. The van der Waals surface area contributed by atoms with Crippen molar-refractivity contribution in [1.29, 1.82) is 0 Å². The molecule has 1 saturated heterocycles. The summed E-state index contributed by atoms with van der Waals surface area (Å²) in [7, 11) is 0. The fourth-order valence-corrected chi connectivity index (χ4v) is 3.82.